The minimum atomic E-state index is 0.255. The maximum Gasteiger partial charge on any atom is 0.247 e. The van der Waals surface area contributed by atoms with E-state index < -0.39 is 0 Å². The van der Waals surface area contributed by atoms with Gasteiger partial charge in [-0.05, 0) is 59.1 Å². The smallest absolute Gasteiger partial charge is 0.247 e. The number of hydrogen-bond donors (Lipinski definition) is 0. The van der Waals surface area contributed by atoms with Crippen LogP contribution in [0, 0.1) is 0 Å². The molecule has 0 aliphatic carbocycles. The van der Waals surface area contributed by atoms with Gasteiger partial charge in [0.1, 0.15) is 0 Å². The Morgan fingerprint density at radius 1 is 1.07 bits per heavy atom. The average molecular weight is 414 g/mol. The number of fused-ring (bicyclic) bond motifs is 1. The van der Waals surface area contributed by atoms with Gasteiger partial charge in [0.15, 0.2) is 0 Å². The number of hydrogen-bond acceptors (Lipinski definition) is 6. The molecule has 0 bridgehead atoms. The van der Waals surface area contributed by atoms with Gasteiger partial charge in [-0.2, -0.15) is 0 Å². The van der Waals surface area contributed by atoms with E-state index in [9.17, 15) is 0 Å². The molecule has 0 N–H and O–H groups in total. The molecule has 4 heterocycles. The molecule has 4 nitrogen and oxygen atoms in total. The van der Waals surface area contributed by atoms with E-state index in [2.05, 4.69) is 44.1 Å². The molecule has 4 aromatic rings. The van der Waals surface area contributed by atoms with Crippen molar-refractivity contribution in [2.24, 2.45) is 0 Å². The average Bonchev–Trinajstić information content (AvgIpc) is 3.44. The fraction of sp³-hybridized carbons (Fsp3) is 0.200. The van der Waals surface area contributed by atoms with Crippen LogP contribution in [-0.2, 0) is 13.0 Å². The van der Waals surface area contributed by atoms with Gasteiger partial charge < -0.3 is 4.42 Å². The van der Waals surface area contributed by atoms with Gasteiger partial charge in [0.25, 0.3) is 0 Å². The predicted octanol–water partition coefficient (Wildman–Crippen LogP) is 5.66. The lowest BCUT2D eigenvalue weighted by molar-refractivity contribution is 0.189. The fourth-order valence-electron chi connectivity index (χ4n) is 3.52. The van der Waals surface area contributed by atoms with Crippen LogP contribution in [-0.4, -0.2) is 21.6 Å². The first-order valence-electron chi connectivity index (χ1n) is 8.70. The molecule has 5 rings (SSSR count). The van der Waals surface area contributed by atoms with Crippen LogP contribution in [0.1, 0.15) is 27.3 Å². The first kappa shape index (κ1) is 17.1. The summed E-state index contributed by atoms with van der Waals surface area (Å²) in [6.07, 6.45) is 1.06. The van der Waals surface area contributed by atoms with E-state index in [0.717, 1.165) is 18.5 Å². The normalized spacial score (nSPS) is 17.1. The van der Waals surface area contributed by atoms with Gasteiger partial charge in [-0.3, -0.25) is 4.90 Å². The Bertz CT molecular complexity index is 1040. The zero-order chi connectivity index (χ0) is 18.2. The molecule has 1 atom stereocenters. The van der Waals surface area contributed by atoms with Gasteiger partial charge in [-0.25, -0.2) is 0 Å². The van der Waals surface area contributed by atoms with Crippen molar-refractivity contribution < 1.29 is 4.42 Å². The Morgan fingerprint density at radius 2 is 1.96 bits per heavy atom. The molecule has 0 saturated carbocycles. The predicted molar refractivity (Wildman–Crippen MR) is 109 cm³/mol. The summed E-state index contributed by atoms with van der Waals surface area (Å²) in [6, 6.07) is 14.3. The molecule has 0 unspecified atom stereocenters. The monoisotopic (exact) mass is 413 g/mol. The molecular weight excluding hydrogens is 398 g/mol. The van der Waals surface area contributed by atoms with Crippen molar-refractivity contribution >= 4 is 34.3 Å². The third-order valence-electron chi connectivity index (χ3n) is 4.77. The molecule has 0 saturated heterocycles. The summed E-state index contributed by atoms with van der Waals surface area (Å²) >= 11 is 9.61. The van der Waals surface area contributed by atoms with E-state index >= 15 is 0 Å². The number of halogens is 1. The van der Waals surface area contributed by atoms with Gasteiger partial charge in [0, 0.05) is 26.9 Å². The summed E-state index contributed by atoms with van der Waals surface area (Å²) in [4.78, 5) is 5.27. The fourth-order valence-corrected chi connectivity index (χ4v) is 5.43. The Morgan fingerprint density at radius 3 is 2.78 bits per heavy atom. The summed E-state index contributed by atoms with van der Waals surface area (Å²) in [6.45, 7) is 1.62. The number of nitrogens with zero attached hydrogens (tertiary/aromatic N) is 3. The van der Waals surface area contributed by atoms with E-state index in [1.165, 1.54) is 15.3 Å². The summed E-state index contributed by atoms with van der Waals surface area (Å²) in [5.74, 6) is 1.17. The van der Waals surface area contributed by atoms with E-state index in [1.54, 1.807) is 11.3 Å². The Hall–Kier alpha value is -1.99. The van der Waals surface area contributed by atoms with E-state index in [1.807, 2.05) is 35.6 Å². The van der Waals surface area contributed by atoms with Crippen molar-refractivity contribution in [3.63, 3.8) is 0 Å². The van der Waals surface area contributed by atoms with Crippen molar-refractivity contribution in [2.45, 2.75) is 19.0 Å². The zero-order valence-corrected chi connectivity index (χ0v) is 16.7. The van der Waals surface area contributed by atoms with Crippen molar-refractivity contribution in [1.29, 1.82) is 0 Å². The topological polar surface area (TPSA) is 42.2 Å². The molecule has 136 valence electrons. The lowest BCUT2D eigenvalue weighted by atomic mass is 9.98. The van der Waals surface area contributed by atoms with Gasteiger partial charge >= 0.3 is 0 Å². The van der Waals surface area contributed by atoms with Crippen LogP contribution in [0.25, 0.3) is 11.5 Å². The molecule has 1 aliphatic heterocycles. The van der Waals surface area contributed by atoms with E-state index in [-0.39, 0.29) is 6.04 Å². The van der Waals surface area contributed by atoms with Crippen molar-refractivity contribution in [2.75, 3.05) is 6.54 Å². The van der Waals surface area contributed by atoms with Gasteiger partial charge in [0.05, 0.1) is 12.6 Å². The molecule has 27 heavy (non-hydrogen) atoms. The first-order valence-corrected chi connectivity index (χ1v) is 10.8. The number of thiophene rings is 2. The highest BCUT2D eigenvalue weighted by molar-refractivity contribution is 7.10. The van der Waals surface area contributed by atoms with Crippen LogP contribution in [0.5, 0.6) is 0 Å². The van der Waals surface area contributed by atoms with Crippen LogP contribution in [0.4, 0.5) is 0 Å². The molecule has 0 radical (unpaired) electrons. The summed E-state index contributed by atoms with van der Waals surface area (Å²) in [7, 11) is 0. The second-order valence-corrected chi connectivity index (χ2v) is 8.86. The third kappa shape index (κ3) is 3.34. The third-order valence-corrected chi connectivity index (χ3v) is 6.95. The van der Waals surface area contributed by atoms with Crippen LogP contribution in [0.15, 0.2) is 57.6 Å². The van der Waals surface area contributed by atoms with Gasteiger partial charge in [0.2, 0.25) is 11.8 Å². The highest BCUT2D eigenvalue weighted by atomic mass is 35.5. The molecule has 0 fully saturated rings. The number of rotatable bonds is 4. The second-order valence-electron chi connectivity index (χ2n) is 6.45. The van der Waals surface area contributed by atoms with Crippen LogP contribution >= 0.6 is 34.3 Å². The lowest BCUT2D eigenvalue weighted by Crippen LogP contribution is -2.34. The quantitative estimate of drug-likeness (QED) is 0.433. The summed E-state index contributed by atoms with van der Waals surface area (Å²) in [5, 5.41) is 13.5. The van der Waals surface area contributed by atoms with Gasteiger partial charge in [-0.15, -0.1) is 32.9 Å². The Kier molecular flexibility index (Phi) is 4.57. The maximum absolute atomic E-state index is 5.96. The SMILES string of the molecule is Clc1ccc(-c2nnc(CN3CCc4sccc4[C@@H]3c3cccs3)o2)cc1. The first-order chi connectivity index (χ1) is 13.3. The lowest BCUT2D eigenvalue weighted by Gasteiger charge is -2.34. The highest BCUT2D eigenvalue weighted by Gasteiger charge is 2.31. The minimum Gasteiger partial charge on any atom is -0.419 e. The van der Waals surface area contributed by atoms with Crippen LogP contribution in [0.3, 0.4) is 0 Å². The molecular formula is C20H16ClN3OS2. The minimum absolute atomic E-state index is 0.255. The Labute approximate surface area is 170 Å². The number of benzene rings is 1. The van der Waals surface area contributed by atoms with Crippen molar-refractivity contribution in [3.05, 3.63) is 79.5 Å². The summed E-state index contributed by atoms with van der Waals surface area (Å²) in [5.41, 5.74) is 2.29. The maximum atomic E-state index is 5.96. The van der Waals surface area contributed by atoms with Crippen molar-refractivity contribution in [1.82, 2.24) is 15.1 Å². The Balaban J connectivity index is 1.42. The van der Waals surface area contributed by atoms with Crippen LogP contribution in [0.2, 0.25) is 5.02 Å². The molecule has 1 aromatic carbocycles. The van der Waals surface area contributed by atoms with Crippen LogP contribution < -0.4 is 0 Å². The number of aromatic nitrogens is 2. The molecule has 0 spiro atoms. The molecule has 7 heteroatoms. The zero-order valence-electron chi connectivity index (χ0n) is 14.3. The second kappa shape index (κ2) is 7.20. The standard InChI is InChI=1S/C20H16ClN3OS2/c21-14-5-3-13(4-6-14)20-23-22-18(25-20)12-24-9-7-16-15(8-11-27-16)19(24)17-2-1-10-26-17/h1-6,8,10-11,19H,7,9,12H2/t19-/m1/s1. The molecule has 3 aromatic heterocycles. The molecule has 1 aliphatic rings. The molecule has 0 amide bonds. The van der Waals surface area contributed by atoms with Crippen molar-refractivity contribution in [3.8, 4) is 11.5 Å². The van der Waals surface area contributed by atoms with E-state index in [0.29, 0.717) is 23.3 Å². The largest absolute Gasteiger partial charge is 0.419 e. The summed E-state index contributed by atoms with van der Waals surface area (Å²) < 4.78 is 5.95. The van der Waals surface area contributed by atoms with Gasteiger partial charge in [-0.1, -0.05) is 17.7 Å². The van der Waals surface area contributed by atoms with E-state index in [4.69, 9.17) is 16.0 Å². The highest BCUT2D eigenvalue weighted by Crippen LogP contribution is 2.40.